The van der Waals surface area contributed by atoms with Crippen LogP contribution in [-0.4, -0.2) is 55.1 Å². The average molecular weight is 301 g/mol. The van der Waals surface area contributed by atoms with E-state index in [9.17, 15) is 0 Å². The minimum absolute atomic E-state index is 0.693. The maximum atomic E-state index is 3.48. The van der Waals surface area contributed by atoms with Crippen LogP contribution >= 0.6 is 0 Å². The van der Waals surface area contributed by atoms with E-state index in [2.05, 4.69) is 52.4 Å². The Bertz CT molecular complexity index is 428. The number of hydrogen-bond donors (Lipinski definition) is 1. The third-order valence-electron chi connectivity index (χ3n) is 5.39. The summed E-state index contributed by atoms with van der Waals surface area (Å²) in [6.07, 6.45) is 4.03. The van der Waals surface area contributed by atoms with E-state index in [0.29, 0.717) is 6.04 Å². The van der Waals surface area contributed by atoms with Crippen LogP contribution in [-0.2, 0) is 6.54 Å². The summed E-state index contributed by atoms with van der Waals surface area (Å²) in [4.78, 5) is 5.38. The van der Waals surface area contributed by atoms with Crippen molar-refractivity contribution in [2.45, 2.75) is 38.8 Å². The molecule has 22 heavy (non-hydrogen) atoms. The Hall–Kier alpha value is -0.900. The molecule has 3 rings (SSSR count). The minimum Gasteiger partial charge on any atom is -0.317 e. The molecule has 2 aliphatic heterocycles. The van der Waals surface area contributed by atoms with Gasteiger partial charge >= 0.3 is 0 Å². The fourth-order valence-electron chi connectivity index (χ4n) is 3.82. The van der Waals surface area contributed by atoms with Crippen LogP contribution in [0.15, 0.2) is 30.3 Å². The standard InChI is InChI=1S/C19H31N3/c1-17-9-12-21(15-19-7-10-20-11-8-19)13-14-22(17)16-18-5-3-2-4-6-18/h2-6,17,19-20H,7-16H2,1H3. The van der Waals surface area contributed by atoms with Crippen molar-refractivity contribution in [2.24, 2.45) is 5.92 Å². The van der Waals surface area contributed by atoms with E-state index < -0.39 is 0 Å². The van der Waals surface area contributed by atoms with E-state index in [1.807, 2.05) is 0 Å². The lowest BCUT2D eigenvalue weighted by molar-refractivity contribution is 0.193. The molecule has 0 spiro atoms. The van der Waals surface area contributed by atoms with Crippen LogP contribution in [0.2, 0.25) is 0 Å². The molecule has 2 aliphatic rings. The van der Waals surface area contributed by atoms with E-state index in [1.165, 1.54) is 64.1 Å². The van der Waals surface area contributed by atoms with Gasteiger partial charge in [-0.05, 0) is 57.3 Å². The molecule has 1 atom stereocenters. The van der Waals surface area contributed by atoms with Crippen LogP contribution in [0.3, 0.4) is 0 Å². The molecule has 0 aromatic heterocycles. The van der Waals surface area contributed by atoms with Crippen molar-refractivity contribution in [1.29, 1.82) is 0 Å². The monoisotopic (exact) mass is 301 g/mol. The van der Waals surface area contributed by atoms with Gasteiger partial charge in [-0.25, -0.2) is 0 Å². The van der Waals surface area contributed by atoms with Gasteiger partial charge in [0.15, 0.2) is 0 Å². The summed E-state index contributed by atoms with van der Waals surface area (Å²) in [6, 6.07) is 11.6. The average Bonchev–Trinajstić information content (AvgIpc) is 2.73. The zero-order valence-corrected chi connectivity index (χ0v) is 14.0. The molecule has 0 amide bonds. The van der Waals surface area contributed by atoms with Gasteiger partial charge in [-0.15, -0.1) is 0 Å². The van der Waals surface area contributed by atoms with Gasteiger partial charge < -0.3 is 10.2 Å². The second kappa shape index (κ2) is 8.09. The van der Waals surface area contributed by atoms with E-state index in [1.54, 1.807) is 0 Å². The van der Waals surface area contributed by atoms with Crippen LogP contribution in [0.5, 0.6) is 0 Å². The maximum Gasteiger partial charge on any atom is 0.0237 e. The fraction of sp³-hybridized carbons (Fsp3) is 0.684. The molecule has 3 heteroatoms. The number of nitrogens with zero attached hydrogens (tertiary/aromatic N) is 2. The highest BCUT2D eigenvalue weighted by Crippen LogP contribution is 2.18. The smallest absolute Gasteiger partial charge is 0.0237 e. The van der Waals surface area contributed by atoms with Crippen molar-refractivity contribution in [1.82, 2.24) is 15.1 Å². The van der Waals surface area contributed by atoms with Crippen LogP contribution < -0.4 is 5.32 Å². The first-order valence-corrected chi connectivity index (χ1v) is 9.02. The Labute approximate surface area is 135 Å². The van der Waals surface area contributed by atoms with Crippen molar-refractivity contribution in [2.75, 3.05) is 39.3 Å². The molecule has 1 aromatic carbocycles. The highest BCUT2D eigenvalue weighted by Gasteiger charge is 2.23. The molecule has 1 unspecified atom stereocenters. The van der Waals surface area contributed by atoms with E-state index in [0.717, 1.165) is 12.5 Å². The molecule has 1 N–H and O–H groups in total. The van der Waals surface area contributed by atoms with Gasteiger partial charge in [0, 0.05) is 32.2 Å². The largest absolute Gasteiger partial charge is 0.317 e. The van der Waals surface area contributed by atoms with Crippen molar-refractivity contribution in [3.63, 3.8) is 0 Å². The summed E-state index contributed by atoms with van der Waals surface area (Å²) in [5.41, 5.74) is 1.45. The van der Waals surface area contributed by atoms with E-state index >= 15 is 0 Å². The highest BCUT2D eigenvalue weighted by molar-refractivity contribution is 5.14. The molecular weight excluding hydrogens is 270 g/mol. The van der Waals surface area contributed by atoms with Gasteiger partial charge in [0.05, 0.1) is 0 Å². The quantitative estimate of drug-likeness (QED) is 0.922. The van der Waals surface area contributed by atoms with Gasteiger partial charge in [-0.1, -0.05) is 30.3 Å². The summed E-state index contributed by atoms with van der Waals surface area (Å²) >= 11 is 0. The number of piperidine rings is 1. The second-order valence-electron chi connectivity index (χ2n) is 7.09. The third kappa shape index (κ3) is 4.55. The Kier molecular flexibility index (Phi) is 5.88. The lowest BCUT2D eigenvalue weighted by Gasteiger charge is -2.29. The van der Waals surface area contributed by atoms with Gasteiger partial charge in [0.1, 0.15) is 0 Å². The van der Waals surface area contributed by atoms with Gasteiger partial charge in [0.2, 0.25) is 0 Å². The SMILES string of the molecule is CC1CCN(CC2CCNCC2)CCN1Cc1ccccc1. The molecule has 1 aromatic rings. The van der Waals surface area contributed by atoms with Crippen molar-refractivity contribution >= 4 is 0 Å². The Morgan fingerprint density at radius 3 is 2.55 bits per heavy atom. The Morgan fingerprint density at radius 2 is 1.77 bits per heavy atom. The molecule has 0 aliphatic carbocycles. The van der Waals surface area contributed by atoms with Crippen LogP contribution in [0, 0.1) is 5.92 Å². The summed E-state index contributed by atoms with van der Waals surface area (Å²) < 4.78 is 0. The molecule has 0 bridgehead atoms. The number of benzene rings is 1. The number of rotatable bonds is 4. The highest BCUT2D eigenvalue weighted by atomic mass is 15.2. The Balaban J connectivity index is 1.51. The van der Waals surface area contributed by atoms with Gasteiger partial charge in [-0.2, -0.15) is 0 Å². The first kappa shape index (κ1) is 16.0. The summed E-state index contributed by atoms with van der Waals surface area (Å²) in [5.74, 6) is 0.914. The molecule has 2 saturated heterocycles. The van der Waals surface area contributed by atoms with E-state index in [4.69, 9.17) is 0 Å². The van der Waals surface area contributed by atoms with Crippen molar-refractivity contribution < 1.29 is 0 Å². The first-order valence-electron chi connectivity index (χ1n) is 9.02. The summed E-state index contributed by atoms with van der Waals surface area (Å²) in [6.45, 7) is 11.0. The molecule has 122 valence electrons. The van der Waals surface area contributed by atoms with E-state index in [-0.39, 0.29) is 0 Å². The zero-order chi connectivity index (χ0) is 15.2. The van der Waals surface area contributed by atoms with Crippen molar-refractivity contribution in [3.8, 4) is 0 Å². The Morgan fingerprint density at radius 1 is 1.00 bits per heavy atom. The predicted molar refractivity (Wildman–Crippen MR) is 93.0 cm³/mol. The number of nitrogens with one attached hydrogen (secondary N) is 1. The fourth-order valence-corrected chi connectivity index (χ4v) is 3.82. The predicted octanol–water partition coefficient (Wildman–Crippen LogP) is 2.58. The minimum atomic E-state index is 0.693. The molecule has 3 nitrogen and oxygen atoms in total. The van der Waals surface area contributed by atoms with Crippen molar-refractivity contribution in [3.05, 3.63) is 35.9 Å². The summed E-state index contributed by atoms with van der Waals surface area (Å²) in [5, 5.41) is 3.48. The van der Waals surface area contributed by atoms with Crippen LogP contribution in [0.4, 0.5) is 0 Å². The molecule has 2 fully saturated rings. The zero-order valence-electron chi connectivity index (χ0n) is 14.0. The first-order chi connectivity index (χ1) is 10.8. The number of hydrogen-bond acceptors (Lipinski definition) is 3. The molecular formula is C19H31N3. The van der Waals surface area contributed by atoms with Crippen LogP contribution in [0.25, 0.3) is 0 Å². The van der Waals surface area contributed by atoms with Crippen LogP contribution in [0.1, 0.15) is 31.7 Å². The molecule has 0 radical (unpaired) electrons. The van der Waals surface area contributed by atoms with Gasteiger partial charge in [0.25, 0.3) is 0 Å². The molecule has 2 heterocycles. The summed E-state index contributed by atoms with van der Waals surface area (Å²) in [7, 11) is 0. The molecule has 0 saturated carbocycles. The van der Waals surface area contributed by atoms with Gasteiger partial charge in [-0.3, -0.25) is 4.90 Å². The second-order valence-corrected chi connectivity index (χ2v) is 7.09. The lowest BCUT2D eigenvalue weighted by Crippen LogP contribution is -2.38. The topological polar surface area (TPSA) is 18.5 Å². The lowest BCUT2D eigenvalue weighted by atomic mass is 9.97. The normalized spacial score (nSPS) is 26.0. The maximum absolute atomic E-state index is 3.48. The third-order valence-corrected chi connectivity index (χ3v) is 5.39.